The standard InChI is InChI=1S/C20H27F2N3O/c21-16-4-1-12(9-17(16)22)11-25-7-5-15(6-8-25)24-20(26)18-13-2-3-14(10-13)19(18)23/h1,4,9,13-15,18-19H,2-3,5-8,10-11,23H2,(H,24,26). The Hall–Kier alpha value is -1.53. The number of hydrogen-bond acceptors (Lipinski definition) is 3. The number of nitrogens with one attached hydrogen (secondary N) is 1. The number of halogens is 2. The average molecular weight is 363 g/mol. The first-order valence-corrected chi connectivity index (χ1v) is 9.73. The zero-order valence-electron chi connectivity index (χ0n) is 15.0. The van der Waals surface area contributed by atoms with Gasteiger partial charge in [0.2, 0.25) is 5.91 Å². The number of rotatable bonds is 4. The van der Waals surface area contributed by atoms with Gasteiger partial charge in [-0.15, -0.1) is 0 Å². The number of hydrogen-bond donors (Lipinski definition) is 2. The van der Waals surface area contributed by atoms with E-state index in [-0.39, 0.29) is 23.9 Å². The number of nitrogens with two attached hydrogens (primary N) is 1. The lowest BCUT2D eigenvalue weighted by Crippen LogP contribution is -2.50. The highest BCUT2D eigenvalue weighted by atomic mass is 19.2. The van der Waals surface area contributed by atoms with Gasteiger partial charge in [0, 0.05) is 31.7 Å². The average Bonchev–Trinajstić information content (AvgIpc) is 3.21. The molecule has 26 heavy (non-hydrogen) atoms. The molecule has 6 heteroatoms. The second-order valence-electron chi connectivity index (χ2n) is 8.24. The Morgan fingerprint density at radius 2 is 1.85 bits per heavy atom. The van der Waals surface area contributed by atoms with Crippen LogP contribution in [0.2, 0.25) is 0 Å². The van der Waals surface area contributed by atoms with Crippen molar-refractivity contribution in [3.05, 3.63) is 35.4 Å². The fraction of sp³-hybridized carbons (Fsp3) is 0.650. The van der Waals surface area contributed by atoms with Crippen LogP contribution in [0.4, 0.5) is 8.78 Å². The summed E-state index contributed by atoms with van der Waals surface area (Å²) < 4.78 is 26.4. The second-order valence-corrected chi connectivity index (χ2v) is 8.24. The van der Waals surface area contributed by atoms with Crippen molar-refractivity contribution in [1.82, 2.24) is 10.2 Å². The van der Waals surface area contributed by atoms with Gasteiger partial charge in [0.05, 0.1) is 5.92 Å². The molecule has 1 aliphatic heterocycles. The SMILES string of the molecule is NC1C2CCC(C2)C1C(=O)NC1CCN(Cc2ccc(F)c(F)c2)CC1. The maximum atomic E-state index is 13.3. The highest BCUT2D eigenvalue weighted by molar-refractivity contribution is 5.80. The molecule has 1 heterocycles. The molecule has 3 aliphatic rings. The third-order valence-electron chi connectivity index (χ3n) is 6.61. The predicted molar refractivity (Wildman–Crippen MR) is 95.1 cm³/mol. The van der Waals surface area contributed by atoms with Crippen molar-refractivity contribution in [2.24, 2.45) is 23.5 Å². The topological polar surface area (TPSA) is 58.4 Å². The predicted octanol–water partition coefficient (Wildman–Crippen LogP) is 2.42. The number of piperidine rings is 1. The van der Waals surface area contributed by atoms with E-state index in [1.807, 2.05) is 0 Å². The fourth-order valence-corrected chi connectivity index (χ4v) is 5.15. The van der Waals surface area contributed by atoms with Gasteiger partial charge >= 0.3 is 0 Å². The lowest BCUT2D eigenvalue weighted by molar-refractivity contribution is -0.128. The Kier molecular flexibility index (Phi) is 4.97. The Balaban J connectivity index is 1.26. The zero-order chi connectivity index (χ0) is 18.3. The summed E-state index contributed by atoms with van der Waals surface area (Å²) in [6, 6.07) is 4.29. The molecule has 1 aromatic carbocycles. The van der Waals surface area contributed by atoms with Gasteiger partial charge in [-0.2, -0.15) is 0 Å². The molecule has 4 nitrogen and oxygen atoms in total. The molecular weight excluding hydrogens is 336 g/mol. The van der Waals surface area contributed by atoms with E-state index in [1.54, 1.807) is 6.07 Å². The number of fused-ring (bicyclic) bond motifs is 2. The normalized spacial score (nSPS) is 32.1. The van der Waals surface area contributed by atoms with E-state index in [2.05, 4.69) is 10.2 Å². The Bertz CT molecular complexity index is 673. The first-order valence-electron chi connectivity index (χ1n) is 9.73. The Morgan fingerprint density at radius 3 is 2.50 bits per heavy atom. The van der Waals surface area contributed by atoms with E-state index in [0.717, 1.165) is 44.3 Å². The lowest BCUT2D eigenvalue weighted by atomic mass is 9.84. The smallest absolute Gasteiger partial charge is 0.225 e. The molecule has 4 atom stereocenters. The highest BCUT2D eigenvalue weighted by Crippen LogP contribution is 2.47. The maximum Gasteiger partial charge on any atom is 0.225 e. The second kappa shape index (κ2) is 7.24. The van der Waals surface area contributed by atoms with E-state index in [9.17, 15) is 13.6 Å². The molecular formula is C20H27F2N3O. The van der Waals surface area contributed by atoms with Crippen LogP contribution in [0.5, 0.6) is 0 Å². The molecule has 0 aromatic heterocycles. The molecule has 3 fully saturated rings. The van der Waals surface area contributed by atoms with Gasteiger partial charge in [-0.3, -0.25) is 9.69 Å². The van der Waals surface area contributed by atoms with E-state index in [1.165, 1.54) is 18.6 Å². The number of nitrogens with zero attached hydrogens (tertiary/aromatic N) is 1. The van der Waals surface area contributed by atoms with Crippen LogP contribution < -0.4 is 11.1 Å². The van der Waals surface area contributed by atoms with Crippen LogP contribution in [0.25, 0.3) is 0 Å². The van der Waals surface area contributed by atoms with Crippen LogP contribution in [0.1, 0.15) is 37.7 Å². The van der Waals surface area contributed by atoms with Crippen molar-refractivity contribution in [3.63, 3.8) is 0 Å². The minimum atomic E-state index is -0.811. The third-order valence-corrected chi connectivity index (χ3v) is 6.61. The van der Waals surface area contributed by atoms with Gasteiger partial charge in [-0.25, -0.2) is 8.78 Å². The minimum Gasteiger partial charge on any atom is -0.353 e. The molecule has 1 amide bonds. The molecule has 0 spiro atoms. The first kappa shape index (κ1) is 17.9. The van der Waals surface area contributed by atoms with Crippen LogP contribution in [0, 0.1) is 29.4 Å². The summed E-state index contributed by atoms with van der Waals surface area (Å²) >= 11 is 0. The molecule has 3 N–H and O–H groups in total. The lowest BCUT2D eigenvalue weighted by Gasteiger charge is -2.34. The van der Waals surface area contributed by atoms with Crippen molar-refractivity contribution in [2.75, 3.05) is 13.1 Å². The molecule has 0 radical (unpaired) electrons. The van der Waals surface area contributed by atoms with Crippen molar-refractivity contribution in [2.45, 2.75) is 50.7 Å². The molecule has 142 valence electrons. The highest BCUT2D eigenvalue weighted by Gasteiger charge is 2.49. The summed E-state index contributed by atoms with van der Waals surface area (Å²) in [6.07, 6.45) is 5.20. The van der Waals surface area contributed by atoms with E-state index >= 15 is 0 Å². The molecule has 1 saturated heterocycles. The van der Waals surface area contributed by atoms with E-state index in [4.69, 9.17) is 5.73 Å². The summed E-state index contributed by atoms with van der Waals surface area (Å²) in [7, 11) is 0. The molecule has 4 unspecified atom stereocenters. The Labute approximate surface area is 153 Å². The van der Waals surface area contributed by atoms with E-state index < -0.39 is 11.6 Å². The molecule has 1 aromatic rings. The van der Waals surface area contributed by atoms with Gasteiger partial charge in [0.15, 0.2) is 11.6 Å². The summed E-state index contributed by atoms with van der Waals surface area (Å²) in [5.74, 6) is -0.462. The van der Waals surface area contributed by atoms with Crippen LogP contribution in [-0.2, 0) is 11.3 Å². The minimum absolute atomic E-state index is 0.00558. The van der Waals surface area contributed by atoms with Crippen molar-refractivity contribution in [3.8, 4) is 0 Å². The summed E-state index contributed by atoms with van der Waals surface area (Å²) in [6.45, 7) is 2.29. The van der Waals surface area contributed by atoms with Crippen molar-refractivity contribution >= 4 is 5.91 Å². The Morgan fingerprint density at radius 1 is 1.12 bits per heavy atom. The van der Waals surface area contributed by atoms with Gasteiger partial charge in [0.25, 0.3) is 0 Å². The maximum absolute atomic E-state index is 13.3. The summed E-state index contributed by atoms with van der Waals surface area (Å²) in [5, 5.41) is 3.22. The molecule has 2 bridgehead atoms. The van der Waals surface area contributed by atoms with Gasteiger partial charge in [-0.1, -0.05) is 6.07 Å². The number of benzene rings is 1. The summed E-state index contributed by atoms with van der Waals surface area (Å²) in [5.41, 5.74) is 7.05. The number of carbonyl (C=O) groups is 1. The van der Waals surface area contributed by atoms with Crippen molar-refractivity contribution < 1.29 is 13.6 Å². The number of carbonyl (C=O) groups excluding carboxylic acids is 1. The van der Waals surface area contributed by atoms with Crippen LogP contribution in [-0.4, -0.2) is 36.0 Å². The van der Waals surface area contributed by atoms with Gasteiger partial charge in [-0.05, 0) is 61.6 Å². The molecule has 2 saturated carbocycles. The van der Waals surface area contributed by atoms with Crippen LogP contribution >= 0.6 is 0 Å². The molecule has 4 rings (SSSR count). The van der Waals surface area contributed by atoms with Crippen LogP contribution in [0.15, 0.2) is 18.2 Å². The van der Waals surface area contributed by atoms with Crippen molar-refractivity contribution in [1.29, 1.82) is 0 Å². The van der Waals surface area contributed by atoms with Gasteiger partial charge < -0.3 is 11.1 Å². The number of amides is 1. The largest absolute Gasteiger partial charge is 0.353 e. The zero-order valence-corrected chi connectivity index (χ0v) is 15.0. The van der Waals surface area contributed by atoms with Crippen LogP contribution in [0.3, 0.4) is 0 Å². The number of likely N-dealkylation sites (tertiary alicyclic amines) is 1. The first-order chi connectivity index (χ1) is 12.5. The molecule has 2 aliphatic carbocycles. The van der Waals surface area contributed by atoms with Gasteiger partial charge in [0.1, 0.15) is 0 Å². The summed E-state index contributed by atoms with van der Waals surface area (Å²) in [4.78, 5) is 14.9. The quantitative estimate of drug-likeness (QED) is 0.864. The third kappa shape index (κ3) is 3.49. The van der Waals surface area contributed by atoms with E-state index in [0.29, 0.717) is 18.4 Å². The fourth-order valence-electron chi connectivity index (χ4n) is 5.15. The monoisotopic (exact) mass is 363 g/mol.